The summed E-state index contributed by atoms with van der Waals surface area (Å²) in [6, 6.07) is 3.81. The van der Waals surface area contributed by atoms with Gasteiger partial charge in [0.25, 0.3) is 0 Å². The average Bonchev–Trinajstić information content (AvgIpc) is 3.17. The minimum atomic E-state index is 0. The smallest absolute Gasteiger partial charge is 0.203 e. The number of guanidine groups is 1. The summed E-state index contributed by atoms with van der Waals surface area (Å²) >= 11 is 1.69. The zero-order valence-electron chi connectivity index (χ0n) is 17.0. The molecule has 2 aromatic rings. The van der Waals surface area contributed by atoms with Crippen molar-refractivity contribution in [3.05, 3.63) is 33.8 Å². The highest BCUT2D eigenvalue weighted by Gasteiger charge is 2.13. The topological polar surface area (TPSA) is 77.0 Å². The number of thiazole rings is 1. The van der Waals surface area contributed by atoms with Gasteiger partial charge in [-0.05, 0) is 31.0 Å². The molecule has 0 fully saturated rings. The zero-order valence-corrected chi connectivity index (χ0v) is 20.1. The van der Waals surface area contributed by atoms with E-state index in [2.05, 4.69) is 32.9 Å². The first-order chi connectivity index (χ1) is 13.1. The number of halogens is 1. The zero-order chi connectivity index (χ0) is 19.6. The Morgan fingerprint density at radius 1 is 1.07 bits per heavy atom. The van der Waals surface area contributed by atoms with Crippen LogP contribution in [0.2, 0.25) is 0 Å². The number of rotatable bonds is 9. The monoisotopic (exact) mass is 520 g/mol. The summed E-state index contributed by atoms with van der Waals surface area (Å²) in [7, 11) is 4.80. The van der Waals surface area contributed by atoms with Crippen LogP contribution in [0.4, 0.5) is 0 Å². The van der Waals surface area contributed by atoms with Gasteiger partial charge in [0, 0.05) is 11.9 Å². The number of ether oxygens (including phenoxy) is 3. The largest absolute Gasteiger partial charge is 0.493 e. The first kappa shape index (κ1) is 24.3. The van der Waals surface area contributed by atoms with Crippen LogP contribution in [0.3, 0.4) is 0 Å². The minimum absolute atomic E-state index is 0. The highest BCUT2D eigenvalue weighted by atomic mass is 127. The lowest BCUT2D eigenvalue weighted by Gasteiger charge is -2.14. The van der Waals surface area contributed by atoms with Crippen molar-refractivity contribution in [3.8, 4) is 17.2 Å². The molecule has 0 bridgehead atoms. The van der Waals surface area contributed by atoms with E-state index in [4.69, 9.17) is 14.2 Å². The van der Waals surface area contributed by atoms with Gasteiger partial charge in [-0.25, -0.2) is 9.98 Å². The van der Waals surface area contributed by atoms with Crippen LogP contribution in [0, 0.1) is 0 Å². The van der Waals surface area contributed by atoms with E-state index in [1.54, 1.807) is 32.7 Å². The lowest BCUT2D eigenvalue weighted by molar-refractivity contribution is 0.324. The molecule has 156 valence electrons. The summed E-state index contributed by atoms with van der Waals surface area (Å²) in [6.07, 6.45) is 0.958. The van der Waals surface area contributed by atoms with Crippen LogP contribution in [0.15, 0.2) is 22.5 Å². The quantitative estimate of drug-likeness (QED) is 0.299. The Kier molecular flexibility index (Phi) is 11.0. The summed E-state index contributed by atoms with van der Waals surface area (Å²) < 4.78 is 16.2. The third-order valence-electron chi connectivity index (χ3n) is 3.83. The number of nitrogens with one attached hydrogen (secondary N) is 2. The van der Waals surface area contributed by atoms with Gasteiger partial charge in [-0.2, -0.15) is 0 Å². The number of aromatic nitrogens is 1. The molecular formula is C19H29IN4O3S. The Balaban J connectivity index is 0.00000392. The Morgan fingerprint density at radius 2 is 1.75 bits per heavy atom. The van der Waals surface area contributed by atoms with Gasteiger partial charge in [-0.1, -0.05) is 6.92 Å². The molecule has 0 atom stereocenters. The van der Waals surface area contributed by atoms with Gasteiger partial charge < -0.3 is 24.8 Å². The van der Waals surface area contributed by atoms with Crippen molar-refractivity contribution in [2.24, 2.45) is 4.99 Å². The van der Waals surface area contributed by atoms with E-state index in [1.165, 1.54) is 0 Å². The molecule has 0 aliphatic carbocycles. The molecule has 0 unspecified atom stereocenters. The lowest BCUT2D eigenvalue weighted by atomic mass is 10.2. The van der Waals surface area contributed by atoms with E-state index in [0.717, 1.165) is 35.2 Å². The molecule has 0 aliphatic rings. The molecule has 9 heteroatoms. The molecule has 2 N–H and O–H groups in total. The Labute approximate surface area is 187 Å². The second-order valence-corrected chi connectivity index (χ2v) is 6.61. The molecular weight excluding hydrogens is 491 g/mol. The molecule has 1 aromatic carbocycles. The fraction of sp³-hybridized carbons (Fsp3) is 0.474. The molecule has 1 heterocycles. The SMILES string of the molecule is CCNC(=NCc1cc(OC)c(OC)c(OC)c1)NCc1csc(CC)n1.I. The van der Waals surface area contributed by atoms with Crippen LogP contribution >= 0.6 is 35.3 Å². The second kappa shape index (κ2) is 12.7. The van der Waals surface area contributed by atoms with Crippen LogP contribution in [0.25, 0.3) is 0 Å². The first-order valence-corrected chi connectivity index (χ1v) is 9.77. The number of hydrogen-bond donors (Lipinski definition) is 2. The fourth-order valence-corrected chi connectivity index (χ4v) is 3.25. The summed E-state index contributed by atoms with van der Waals surface area (Å²) in [5, 5.41) is 9.79. The molecule has 0 spiro atoms. The van der Waals surface area contributed by atoms with Crippen molar-refractivity contribution in [1.82, 2.24) is 15.6 Å². The van der Waals surface area contributed by atoms with Crippen LogP contribution in [-0.2, 0) is 19.5 Å². The van der Waals surface area contributed by atoms with Crippen molar-refractivity contribution < 1.29 is 14.2 Å². The van der Waals surface area contributed by atoms with Gasteiger partial charge in [-0.3, -0.25) is 0 Å². The highest BCUT2D eigenvalue weighted by molar-refractivity contribution is 14.0. The van der Waals surface area contributed by atoms with Gasteiger partial charge >= 0.3 is 0 Å². The van der Waals surface area contributed by atoms with Crippen LogP contribution in [0.1, 0.15) is 30.1 Å². The fourth-order valence-electron chi connectivity index (χ4n) is 2.51. The molecule has 1 aromatic heterocycles. The molecule has 2 rings (SSSR count). The summed E-state index contributed by atoms with van der Waals surface area (Å²) in [4.78, 5) is 9.22. The van der Waals surface area contributed by atoms with Gasteiger partial charge in [0.2, 0.25) is 5.75 Å². The van der Waals surface area contributed by atoms with Crippen LogP contribution in [0.5, 0.6) is 17.2 Å². The first-order valence-electron chi connectivity index (χ1n) is 8.89. The number of aliphatic imine (C=N–C) groups is 1. The summed E-state index contributed by atoms with van der Waals surface area (Å²) in [5.74, 6) is 2.55. The van der Waals surface area contributed by atoms with Gasteiger partial charge in [0.15, 0.2) is 17.5 Å². The van der Waals surface area contributed by atoms with Crippen molar-refractivity contribution in [1.29, 1.82) is 0 Å². The van der Waals surface area contributed by atoms with Gasteiger partial charge in [0.1, 0.15) is 0 Å². The Bertz CT molecular complexity index is 742. The molecule has 0 amide bonds. The van der Waals surface area contributed by atoms with Gasteiger partial charge in [0.05, 0.1) is 45.1 Å². The normalized spacial score (nSPS) is 10.8. The Hall–Kier alpha value is -1.75. The van der Waals surface area contributed by atoms with E-state index in [-0.39, 0.29) is 24.0 Å². The maximum atomic E-state index is 5.40. The van der Waals surface area contributed by atoms with E-state index >= 15 is 0 Å². The van der Waals surface area contributed by atoms with Crippen LogP contribution < -0.4 is 24.8 Å². The lowest BCUT2D eigenvalue weighted by Crippen LogP contribution is -2.36. The standard InChI is InChI=1S/C19H28N4O3S.HI/c1-6-17-23-14(12-27-17)11-22-19(20-7-2)21-10-13-8-15(24-3)18(26-5)16(9-13)25-4;/h8-9,12H,6-7,10-11H2,1-5H3,(H2,20,21,22);1H. The number of nitrogens with zero attached hydrogens (tertiary/aromatic N) is 2. The molecule has 7 nitrogen and oxygen atoms in total. The molecule has 0 saturated heterocycles. The molecule has 0 aliphatic heterocycles. The van der Waals surface area contributed by atoms with E-state index in [0.29, 0.717) is 30.3 Å². The third kappa shape index (κ3) is 6.69. The highest BCUT2D eigenvalue weighted by Crippen LogP contribution is 2.38. The minimum Gasteiger partial charge on any atom is -0.493 e. The number of methoxy groups -OCH3 is 3. The average molecular weight is 520 g/mol. The number of hydrogen-bond acceptors (Lipinski definition) is 6. The van der Waals surface area contributed by atoms with Crippen molar-refractivity contribution >= 4 is 41.3 Å². The molecule has 0 radical (unpaired) electrons. The molecule has 0 saturated carbocycles. The van der Waals surface area contributed by atoms with E-state index in [9.17, 15) is 0 Å². The van der Waals surface area contributed by atoms with Crippen molar-refractivity contribution in [2.45, 2.75) is 33.4 Å². The van der Waals surface area contributed by atoms with E-state index in [1.807, 2.05) is 19.1 Å². The molecule has 28 heavy (non-hydrogen) atoms. The van der Waals surface area contributed by atoms with Crippen molar-refractivity contribution in [3.63, 3.8) is 0 Å². The second-order valence-electron chi connectivity index (χ2n) is 5.67. The van der Waals surface area contributed by atoms with Gasteiger partial charge in [-0.15, -0.1) is 35.3 Å². The summed E-state index contributed by atoms with van der Waals surface area (Å²) in [6.45, 7) is 6.03. The van der Waals surface area contributed by atoms with E-state index < -0.39 is 0 Å². The predicted molar refractivity (Wildman–Crippen MR) is 125 cm³/mol. The number of aryl methyl sites for hydroxylation is 1. The maximum Gasteiger partial charge on any atom is 0.203 e. The summed E-state index contributed by atoms with van der Waals surface area (Å²) in [5.41, 5.74) is 1.99. The third-order valence-corrected chi connectivity index (χ3v) is 4.87. The maximum absolute atomic E-state index is 5.40. The van der Waals surface area contributed by atoms with Crippen LogP contribution in [-0.4, -0.2) is 38.8 Å². The number of benzene rings is 1. The predicted octanol–water partition coefficient (Wildman–Crippen LogP) is 3.60. The Morgan fingerprint density at radius 3 is 2.25 bits per heavy atom. The van der Waals surface area contributed by atoms with Crippen molar-refractivity contribution in [2.75, 3.05) is 27.9 Å².